The van der Waals surface area contributed by atoms with Gasteiger partial charge in [-0.1, -0.05) is 0 Å². The molecule has 5 N–H and O–H groups in total. The first-order chi connectivity index (χ1) is 19.5. The number of carboxylic acids is 2. The zero-order valence-electron chi connectivity index (χ0n) is 23.3. The van der Waals surface area contributed by atoms with Crippen LogP contribution in [0.1, 0.15) is 89.9 Å². The second-order valence-electron chi connectivity index (χ2n) is 12.4. The summed E-state index contributed by atoms with van der Waals surface area (Å²) >= 11 is 0. The van der Waals surface area contributed by atoms with Crippen molar-refractivity contribution in [3.8, 4) is 0 Å². The van der Waals surface area contributed by atoms with Gasteiger partial charge in [-0.05, 0) is 77.0 Å². The van der Waals surface area contributed by atoms with Crippen LogP contribution in [0, 0.1) is 33.8 Å². The first-order valence-electron chi connectivity index (χ1n) is 15.0. The molecule has 41 heavy (non-hydrogen) atoms. The van der Waals surface area contributed by atoms with Gasteiger partial charge >= 0.3 is 11.9 Å². The highest BCUT2D eigenvalue weighted by Crippen LogP contribution is 2.34. The van der Waals surface area contributed by atoms with E-state index in [4.69, 9.17) is 4.74 Å². The van der Waals surface area contributed by atoms with Gasteiger partial charge in [0, 0.05) is 29.8 Å². The number of carbonyl (C=O) groups is 4. The number of hydrogen-bond donors (Lipinski definition) is 5. The van der Waals surface area contributed by atoms with Crippen LogP contribution < -0.4 is 10.6 Å². The summed E-state index contributed by atoms with van der Waals surface area (Å²) in [7, 11) is 0. The molecule has 0 aromatic heterocycles. The molecule has 4 aliphatic rings. The summed E-state index contributed by atoms with van der Waals surface area (Å²) in [6, 6.07) is -1.02. The summed E-state index contributed by atoms with van der Waals surface area (Å²) in [6.45, 7) is 0. The molecule has 0 bridgehead atoms. The molecule has 0 radical (unpaired) electrons. The average Bonchev–Trinajstić information content (AvgIpc) is 2.94. The molecule has 2 amide bonds. The van der Waals surface area contributed by atoms with E-state index in [0.717, 1.165) is 38.5 Å². The number of aliphatic hydroxyl groups excluding tert-OH is 1. The van der Waals surface area contributed by atoms with Gasteiger partial charge in [-0.3, -0.25) is 29.3 Å². The predicted molar refractivity (Wildman–Crippen MR) is 143 cm³/mol. The maximum absolute atomic E-state index is 12.9. The summed E-state index contributed by atoms with van der Waals surface area (Å²) < 4.78 is 6.34. The number of carboxylic acid groups (broad SMARTS) is 2. The van der Waals surface area contributed by atoms with E-state index in [-0.39, 0.29) is 61.8 Å². The van der Waals surface area contributed by atoms with E-state index in [0.29, 0.717) is 25.7 Å². The zero-order valence-corrected chi connectivity index (χ0v) is 23.3. The number of rotatable bonds is 9. The van der Waals surface area contributed by atoms with Crippen molar-refractivity contribution in [1.82, 2.24) is 10.6 Å². The van der Waals surface area contributed by atoms with Crippen molar-refractivity contribution in [2.24, 2.45) is 23.7 Å². The molecule has 0 spiro atoms. The van der Waals surface area contributed by atoms with Crippen molar-refractivity contribution in [2.75, 3.05) is 0 Å². The molecule has 4 fully saturated rings. The molecular formula is C28H43N3O10. The molecule has 0 aromatic rings. The molecule has 0 aromatic carbocycles. The monoisotopic (exact) mass is 581 g/mol. The van der Waals surface area contributed by atoms with Gasteiger partial charge in [0.25, 0.3) is 0 Å². The maximum Gasteiger partial charge on any atom is 0.307 e. The Balaban J connectivity index is 1.15. The van der Waals surface area contributed by atoms with Gasteiger partial charge in [-0.25, -0.2) is 0 Å². The number of hydrogen-bond acceptors (Lipinski definition) is 8. The standard InChI is InChI=1S/C28H43N3O10/c32-18-6-12-22(24(14-18)28(37)38)26(34)30-16-3-9-20(10-4-16)41-19-7-1-15(2-8-19)29-25(33)21-11-5-17(31(39)40)13-23(21)27(35)36/h15-24,32H,1-14H2,(H,29,33)(H,30,34)(H,35,36)(H,37,38). The van der Waals surface area contributed by atoms with Gasteiger partial charge in [0.1, 0.15) is 0 Å². The van der Waals surface area contributed by atoms with Crippen LogP contribution in [0.25, 0.3) is 0 Å². The highest BCUT2D eigenvalue weighted by molar-refractivity contribution is 5.85. The van der Waals surface area contributed by atoms with Crippen molar-refractivity contribution < 1.29 is 44.2 Å². The molecule has 13 heteroatoms. The highest BCUT2D eigenvalue weighted by Gasteiger charge is 2.44. The second kappa shape index (κ2) is 13.9. The third-order valence-corrected chi connectivity index (χ3v) is 9.68. The van der Waals surface area contributed by atoms with Crippen LogP contribution in [-0.4, -0.2) is 80.4 Å². The molecule has 0 aliphatic heterocycles. The number of ether oxygens (including phenoxy) is 1. The summed E-state index contributed by atoms with van der Waals surface area (Å²) in [5.41, 5.74) is 0. The largest absolute Gasteiger partial charge is 0.481 e. The van der Waals surface area contributed by atoms with Crippen molar-refractivity contribution >= 4 is 23.8 Å². The molecular weight excluding hydrogens is 538 g/mol. The molecule has 6 atom stereocenters. The van der Waals surface area contributed by atoms with E-state index >= 15 is 0 Å². The second-order valence-corrected chi connectivity index (χ2v) is 12.4. The third-order valence-electron chi connectivity index (χ3n) is 9.68. The van der Waals surface area contributed by atoms with Crippen LogP contribution in [0.5, 0.6) is 0 Å². The number of aliphatic carboxylic acids is 2. The van der Waals surface area contributed by atoms with E-state index < -0.39 is 52.7 Å². The molecule has 4 saturated carbocycles. The summed E-state index contributed by atoms with van der Waals surface area (Å²) in [5, 5.41) is 45.9. The Hall–Kier alpha value is -2.80. The van der Waals surface area contributed by atoms with Crippen LogP contribution in [0.2, 0.25) is 0 Å². The topological polar surface area (TPSA) is 205 Å². The Kier molecular flexibility index (Phi) is 10.6. The number of carbonyl (C=O) groups excluding carboxylic acids is 2. The Bertz CT molecular complexity index is 976. The minimum Gasteiger partial charge on any atom is -0.481 e. The van der Waals surface area contributed by atoms with E-state index in [9.17, 15) is 44.6 Å². The molecule has 0 saturated heterocycles. The Morgan fingerprint density at radius 2 is 1.07 bits per heavy atom. The van der Waals surface area contributed by atoms with Gasteiger partial charge in [0.05, 0.1) is 42.0 Å². The SMILES string of the molecule is O=C(O)C1CC(O)CCC1C(=O)NC1CCC(OC2CCC(NC(=O)C3CCC([N+](=O)[O-])CC3C(=O)O)CC2)CC1. The molecule has 4 aliphatic carbocycles. The summed E-state index contributed by atoms with van der Waals surface area (Å²) in [5.74, 6) is -6.06. The molecule has 230 valence electrons. The lowest BCUT2D eigenvalue weighted by Gasteiger charge is -2.36. The van der Waals surface area contributed by atoms with E-state index in [1.165, 1.54) is 0 Å². The predicted octanol–water partition coefficient (Wildman–Crippen LogP) is 1.87. The number of amides is 2. The molecule has 4 rings (SSSR count). The van der Waals surface area contributed by atoms with E-state index in [2.05, 4.69) is 10.6 Å². The fraction of sp³-hybridized carbons (Fsp3) is 0.857. The van der Waals surface area contributed by atoms with Crippen molar-refractivity contribution in [1.29, 1.82) is 0 Å². The lowest BCUT2D eigenvalue weighted by molar-refractivity contribution is -0.528. The minimum absolute atomic E-state index is 0.0235. The Morgan fingerprint density at radius 3 is 1.51 bits per heavy atom. The molecule has 0 heterocycles. The van der Waals surface area contributed by atoms with Gasteiger partial charge in [0.2, 0.25) is 17.9 Å². The lowest BCUT2D eigenvalue weighted by atomic mass is 9.76. The van der Waals surface area contributed by atoms with Crippen molar-refractivity contribution in [3.05, 3.63) is 10.1 Å². The van der Waals surface area contributed by atoms with Crippen LogP contribution in [0.4, 0.5) is 0 Å². The van der Waals surface area contributed by atoms with Gasteiger partial charge in [-0.2, -0.15) is 0 Å². The number of nitrogens with zero attached hydrogens (tertiary/aromatic N) is 1. The summed E-state index contributed by atoms with van der Waals surface area (Å²) in [4.78, 5) is 59.6. The number of nitrogens with one attached hydrogen (secondary N) is 2. The first kappa shape index (κ1) is 31.1. The van der Waals surface area contributed by atoms with Crippen molar-refractivity contribution in [3.63, 3.8) is 0 Å². The summed E-state index contributed by atoms with van der Waals surface area (Å²) in [6.07, 6.45) is 6.67. The minimum atomic E-state index is -1.17. The van der Waals surface area contributed by atoms with Gasteiger partial charge < -0.3 is 30.7 Å². The normalized spacial score (nSPS) is 37.9. The van der Waals surface area contributed by atoms with E-state index in [1.807, 2.05) is 0 Å². The highest BCUT2D eigenvalue weighted by atomic mass is 16.6. The fourth-order valence-electron chi connectivity index (χ4n) is 7.24. The smallest absolute Gasteiger partial charge is 0.307 e. The van der Waals surface area contributed by atoms with E-state index in [1.54, 1.807) is 0 Å². The van der Waals surface area contributed by atoms with Crippen molar-refractivity contribution in [2.45, 2.75) is 126 Å². The van der Waals surface area contributed by atoms with Gasteiger partial charge in [0.15, 0.2) is 0 Å². The molecule has 13 nitrogen and oxygen atoms in total. The van der Waals surface area contributed by atoms with Crippen LogP contribution in [-0.2, 0) is 23.9 Å². The average molecular weight is 582 g/mol. The first-order valence-corrected chi connectivity index (χ1v) is 15.0. The zero-order chi connectivity index (χ0) is 29.7. The number of aliphatic hydroxyl groups is 1. The van der Waals surface area contributed by atoms with Crippen LogP contribution >= 0.6 is 0 Å². The third kappa shape index (κ3) is 8.15. The lowest BCUT2D eigenvalue weighted by Crippen LogP contribution is -2.48. The Morgan fingerprint density at radius 1 is 0.634 bits per heavy atom. The van der Waals surface area contributed by atoms with Gasteiger partial charge in [-0.15, -0.1) is 0 Å². The molecule has 6 unspecified atom stereocenters. The quantitative estimate of drug-likeness (QED) is 0.197. The fourth-order valence-corrected chi connectivity index (χ4v) is 7.24. The Labute approximate surface area is 238 Å². The number of nitro groups is 1. The maximum atomic E-state index is 12.9. The van der Waals surface area contributed by atoms with Crippen LogP contribution in [0.3, 0.4) is 0 Å². The van der Waals surface area contributed by atoms with Crippen LogP contribution in [0.15, 0.2) is 0 Å².